The molecular formula is C15H23ClN2OS. The number of thioether (sulfide) groups is 1. The van der Waals surface area contributed by atoms with Crippen LogP contribution in [0.4, 0.5) is 0 Å². The first-order valence-electron chi connectivity index (χ1n) is 6.85. The zero-order valence-electron chi connectivity index (χ0n) is 12.0. The van der Waals surface area contributed by atoms with Gasteiger partial charge in [-0.25, -0.2) is 0 Å². The zero-order valence-corrected chi connectivity index (χ0v) is 13.7. The molecule has 1 aliphatic rings. The second kappa shape index (κ2) is 8.55. The number of carbonyl (C=O) groups is 1. The summed E-state index contributed by atoms with van der Waals surface area (Å²) in [6.07, 6.45) is 0. The third-order valence-electron chi connectivity index (χ3n) is 3.47. The van der Waals surface area contributed by atoms with Gasteiger partial charge in [-0.3, -0.25) is 4.79 Å². The Morgan fingerprint density at radius 1 is 1.45 bits per heavy atom. The quantitative estimate of drug-likeness (QED) is 0.927. The number of hydrogen-bond acceptors (Lipinski definition) is 3. The zero-order chi connectivity index (χ0) is 13.7. The van der Waals surface area contributed by atoms with Crippen molar-refractivity contribution in [3.63, 3.8) is 0 Å². The van der Waals surface area contributed by atoms with Gasteiger partial charge in [-0.2, -0.15) is 0 Å². The molecule has 3 nitrogen and oxygen atoms in total. The molecule has 112 valence electrons. The molecule has 1 amide bonds. The molecule has 2 rings (SSSR count). The maximum absolute atomic E-state index is 12.4. The van der Waals surface area contributed by atoms with E-state index in [4.69, 9.17) is 0 Å². The van der Waals surface area contributed by atoms with Crippen LogP contribution in [0, 0.1) is 0 Å². The molecule has 1 saturated heterocycles. The SMILES string of the molecule is CC(SCc1ccccc1)C(=O)N1CCNC[C@@H]1C.Cl. The van der Waals surface area contributed by atoms with Crippen LogP contribution in [0.5, 0.6) is 0 Å². The van der Waals surface area contributed by atoms with Gasteiger partial charge in [0, 0.05) is 31.4 Å². The van der Waals surface area contributed by atoms with Crippen LogP contribution in [0.25, 0.3) is 0 Å². The molecule has 0 aliphatic carbocycles. The van der Waals surface area contributed by atoms with Crippen LogP contribution in [-0.4, -0.2) is 41.7 Å². The first kappa shape index (κ1) is 17.3. The van der Waals surface area contributed by atoms with E-state index in [1.165, 1.54) is 5.56 Å². The Bertz CT molecular complexity index is 416. The number of halogens is 1. The molecule has 1 aliphatic heterocycles. The summed E-state index contributed by atoms with van der Waals surface area (Å²) in [4.78, 5) is 14.4. The van der Waals surface area contributed by atoms with Gasteiger partial charge in [0.25, 0.3) is 0 Å². The van der Waals surface area contributed by atoms with Gasteiger partial charge in [-0.05, 0) is 19.4 Å². The van der Waals surface area contributed by atoms with Crippen molar-refractivity contribution in [3.8, 4) is 0 Å². The Balaban J connectivity index is 0.00000200. The van der Waals surface area contributed by atoms with Gasteiger partial charge in [0.1, 0.15) is 0 Å². The van der Waals surface area contributed by atoms with E-state index in [-0.39, 0.29) is 23.6 Å². The average molecular weight is 315 g/mol. The highest BCUT2D eigenvalue weighted by molar-refractivity contribution is 7.99. The summed E-state index contributed by atoms with van der Waals surface area (Å²) in [5.74, 6) is 1.17. The van der Waals surface area contributed by atoms with Crippen molar-refractivity contribution in [2.75, 3.05) is 19.6 Å². The van der Waals surface area contributed by atoms with E-state index < -0.39 is 0 Å². The molecule has 20 heavy (non-hydrogen) atoms. The summed E-state index contributed by atoms with van der Waals surface area (Å²) in [7, 11) is 0. The monoisotopic (exact) mass is 314 g/mol. The molecule has 2 atom stereocenters. The number of benzene rings is 1. The predicted octanol–water partition coefficient (Wildman–Crippen LogP) is 2.55. The van der Waals surface area contributed by atoms with E-state index in [0.29, 0.717) is 6.04 Å². The van der Waals surface area contributed by atoms with Crippen LogP contribution < -0.4 is 5.32 Å². The van der Waals surface area contributed by atoms with Gasteiger partial charge >= 0.3 is 0 Å². The third kappa shape index (κ3) is 4.69. The van der Waals surface area contributed by atoms with E-state index in [0.717, 1.165) is 25.4 Å². The van der Waals surface area contributed by atoms with Crippen molar-refractivity contribution < 1.29 is 4.79 Å². The molecule has 0 spiro atoms. The van der Waals surface area contributed by atoms with Crippen molar-refractivity contribution in [1.82, 2.24) is 10.2 Å². The van der Waals surface area contributed by atoms with Gasteiger partial charge in [0.2, 0.25) is 5.91 Å². The second-order valence-electron chi connectivity index (χ2n) is 5.02. The molecule has 1 aromatic rings. The number of rotatable bonds is 4. The lowest BCUT2D eigenvalue weighted by molar-refractivity contribution is -0.133. The van der Waals surface area contributed by atoms with E-state index in [9.17, 15) is 4.79 Å². The summed E-state index contributed by atoms with van der Waals surface area (Å²) >= 11 is 1.72. The normalized spacial score (nSPS) is 20.1. The van der Waals surface area contributed by atoms with Gasteiger partial charge in [0.15, 0.2) is 0 Å². The van der Waals surface area contributed by atoms with Crippen LogP contribution in [0.3, 0.4) is 0 Å². The van der Waals surface area contributed by atoms with Crippen molar-refractivity contribution in [2.45, 2.75) is 30.9 Å². The number of nitrogens with one attached hydrogen (secondary N) is 1. The fourth-order valence-electron chi connectivity index (χ4n) is 2.27. The van der Waals surface area contributed by atoms with E-state index in [1.807, 2.05) is 30.0 Å². The lowest BCUT2D eigenvalue weighted by atomic mass is 10.2. The fourth-order valence-corrected chi connectivity index (χ4v) is 3.18. The van der Waals surface area contributed by atoms with Crippen molar-refractivity contribution in [1.29, 1.82) is 0 Å². The molecule has 0 bridgehead atoms. The minimum Gasteiger partial charge on any atom is -0.336 e. The standard InChI is InChI=1S/C15H22N2OS.ClH/c1-12-10-16-8-9-17(12)15(18)13(2)19-11-14-6-4-3-5-7-14;/h3-7,12-13,16H,8-11H2,1-2H3;1H/t12-,13?;/m0./s1. The molecule has 0 aromatic heterocycles. The summed E-state index contributed by atoms with van der Waals surface area (Å²) in [5, 5.41) is 3.34. The minimum absolute atomic E-state index is 0. The lowest BCUT2D eigenvalue weighted by Gasteiger charge is -2.35. The summed E-state index contributed by atoms with van der Waals surface area (Å²) in [5.41, 5.74) is 1.28. The number of piperazine rings is 1. The molecule has 1 unspecified atom stereocenters. The van der Waals surface area contributed by atoms with Crippen molar-refractivity contribution in [2.24, 2.45) is 0 Å². The Labute approximate surface area is 131 Å². The highest BCUT2D eigenvalue weighted by Crippen LogP contribution is 2.20. The smallest absolute Gasteiger partial charge is 0.235 e. The van der Waals surface area contributed by atoms with E-state index >= 15 is 0 Å². The van der Waals surface area contributed by atoms with Crippen molar-refractivity contribution >= 4 is 30.1 Å². The summed E-state index contributed by atoms with van der Waals surface area (Å²) in [6, 6.07) is 10.6. The fraction of sp³-hybridized carbons (Fsp3) is 0.533. The Morgan fingerprint density at radius 2 is 2.15 bits per heavy atom. The topological polar surface area (TPSA) is 32.3 Å². The van der Waals surface area contributed by atoms with E-state index in [2.05, 4.69) is 24.4 Å². The van der Waals surface area contributed by atoms with Crippen LogP contribution in [-0.2, 0) is 10.5 Å². The maximum atomic E-state index is 12.4. The molecule has 1 aromatic carbocycles. The number of carbonyl (C=O) groups excluding carboxylic acids is 1. The average Bonchev–Trinajstić information content (AvgIpc) is 2.45. The van der Waals surface area contributed by atoms with Crippen LogP contribution in [0.1, 0.15) is 19.4 Å². The molecule has 1 heterocycles. The first-order chi connectivity index (χ1) is 9.18. The highest BCUT2D eigenvalue weighted by Gasteiger charge is 2.26. The maximum Gasteiger partial charge on any atom is 0.235 e. The van der Waals surface area contributed by atoms with Gasteiger partial charge in [-0.1, -0.05) is 30.3 Å². The Hall–Kier alpha value is -0.710. The summed E-state index contributed by atoms with van der Waals surface area (Å²) < 4.78 is 0. The molecular weight excluding hydrogens is 292 g/mol. The molecule has 1 N–H and O–H groups in total. The largest absolute Gasteiger partial charge is 0.336 e. The Kier molecular flexibility index (Phi) is 7.41. The van der Waals surface area contributed by atoms with Crippen LogP contribution in [0.15, 0.2) is 30.3 Å². The molecule has 0 saturated carbocycles. The molecule has 0 radical (unpaired) electrons. The number of nitrogens with zero attached hydrogens (tertiary/aromatic N) is 1. The molecule has 5 heteroatoms. The van der Waals surface area contributed by atoms with Crippen LogP contribution >= 0.6 is 24.2 Å². The Morgan fingerprint density at radius 3 is 2.80 bits per heavy atom. The molecule has 1 fully saturated rings. The first-order valence-corrected chi connectivity index (χ1v) is 7.90. The van der Waals surface area contributed by atoms with Crippen molar-refractivity contribution in [3.05, 3.63) is 35.9 Å². The minimum atomic E-state index is 0. The number of hydrogen-bond donors (Lipinski definition) is 1. The third-order valence-corrected chi connectivity index (χ3v) is 4.68. The second-order valence-corrected chi connectivity index (χ2v) is 6.35. The van der Waals surface area contributed by atoms with Gasteiger partial charge in [-0.15, -0.1) is 24.2 Å². The lowest BCUT2D eigenvalue weighted by Crippen LogP contribution is -2.54. The van der Waals surface area contributed by atoms with Gasteiger partial charge < -0.3 is 10.2 Å². The number of amides is 1. The van der Waals surface area contributed by atoms with Crippen LogP contribution in [0.2, 0.25) is 0 Å². The van der Waals surface area contributed by atoms with E-state index in [1.54, 1.807) is 11.8 Å². The summed E-state index contributed by atoms with van der Waals surface area (Å²) in [6.45, 7) is 6.77. The van der Waals surface area contributed by atoms with Gasteiger partial charge in [0.05, 0.1) is 5.25 Å². The highest BCUT2D eigenvalue weighted by atomic mass is 35.5. The predicted molar refractivity (Wildman–Crippen MR) is 88.5 cm³/mol.